The van der Waals surface area contributed by atoms with Crippen molar-refractivity contribution in [2.75, 3.05) is 6.61 Å². The van der Waals surface area contributed by atoms with Crippen LogP contribution in [-0.4, -0.2) is 11.7 Å². The Bertz CT molecular complexity index is 121. The minimum atomic E-state index is 0.393. The smallest absolute Gasteiger partial charge is 0.0459 e. The summed E-state index contributed by atoms with van der Waals surface area (Å²) in [5.74, 6) is 1.38. The monoisotopic (exact) mass is 214 g/mol. The largest absolute Gasteiger partial charge is 0.396 e. The predicted molar refractivity (Wildman–Crippen MR) is 68.0 cm³/mol. The lowest BCUT2D eigenvalue weighted by atomic mass is 9.94. The minimum Gasteiger partial charge on any atom is -0.396 e. The van der Waals surface area contributed by atoms with E-state index in [2.05, 4.69) is 20.8 Å². The average molecular weight is 214 g/mol. The van der Waals surface area contributed by atoms with Crippen LogP contribution in [-0.2, 0) is 0 Å². The molecule has 0 bridgehead atoms. The van der Waals surface area contributed by atoms with Gasteiger partial charge in [0.2, 0.25) is 0 Å². The van der Waals surface area contributed by atoms with Crippen LogP contribution in [0.4, 0.5) is 0 Å². The van der Waals surface area contributed by atoms with Crippen molar-refractivity contribution in [2.45, 2.75) is 72.1 Å². The number of hydrogen-bond donors (Lipinski definition) is 1. The fourth-order valence-electron chi connectivity index (χ4n) is 2.00. The normalized spacial score (nSPS) is 13.4. The third kappa shape index (κ3) is 10.2. The van der Waals surface area contributed by atoms with Crippen molar-refractivity contribution >= 4 is 0 Å². The topological polar surface area (TPSA) is 20.2 Å². The van der Waals surface area contributed by atoms with Gasteiger partial charge in [0, 0.05) is 6.61 Å². The lowest BCUT2D eigenvalue weighted by Crippen LogP contribution is -2.06. The molecule has 92 valence electrons. The molecule has 0 aromatic rings. The van der Waals surface area contributed by atoms with Crippen molar-refractivity contribution < 1.29 is 5.11 Å². The molecule has 0 aliphatic rings. The zero-order valence-corrected chi connectivity index (χ0v) is 11.0. The quantitative estimate of drug-likeness (QED) is 0.535. The molecule has 0 aromatic heterocycles. The van der Waals surface area contributed by atoms with Gasteiger partial charge < -0.3 is 5.11 Å². The molecule has 1 nitrogen and oxygen atoms in total. The summed E-state index contributed by atoms with van der Waals surface area (Å²) in [5.41, 5.74) is 0. The standard InChI is InChI=1S/C14H30O/c1-4-5-6-7-10-14(12-15)11-8-9-13(2)3/h13-15H,4-12H2,1-3H3. The number of aliphatic hydroxyl groups is 1. The molecule has 0 amide bonds. The van der Waals surface area contributed by atoms with Crippen LogP contribution in [0.1, 0.15) is 72.1 Å². The van der Waals surface area contributed by atoms with E-state index in [4.69, 9.17) is 0 Å². The highest BCUT2D eigenvalue weighted by molar-refractivity contribution is 4.59. The van der Waals surface area contributed by atoms with E-state index in [0.29, 0.717) is 12.5 Å². The second-order valence-corrected chi connectivity index (χ2v) is 5.22. The van der Waals surface area contributed by atoms with Crippen LogP contribution in [0.5, 0.6) is 0 Å². The lowest BCUT2D eigenvalue weighted by Gasteiger charge is -2.14. The maximum atomic E-state index is 9.25. The Hall–Kier alpha value is -0.0400. The molecule has 0 saturated carbocycles. The van der Waals surface area contributed by atoms with E-state index in [1.165, 1.54) is 51.4 Å². The first-order chi connectivity index (χ1) is 7.20. The van der Waals surface area contributed by atoms with Crippen LogP contribution in [0.2, 0.25) is 0 Å². The summed E-state index contributed by atoms with van der Waals surface area (Å²) in [6, 6.07) is 0. The zero-order valence-electron chi connectivity index (χ0n) is 11.0. The lowest BCUT2D eigenvalue weighted by molar-refractivity contribution is 0.203. The molecule has 0 spiro atoms. The molecule has 15 heavy (non-hydrogen) atoms. The number of aliphatic hydroxyl groups excluding tert-OH is 1. The molecule has 1 heteroatoms. The highest BCUT2D eigenvalue weighted by atomic mass is 16.3. The second kappa shape index (κ2) is 10.5. The predicted octanol–water partition coefficient (Wildman–Crippen LogP) is 4.39. The first kappa shape index (κ1) is 15.0. The average Bonchev–Trinajstić information content (AvgIpc) is 2.21. The van der Waals surface area contributed by atoms with Crippen LogP contribution in [0.15, 0.2) is 0 Å². The molecular formula is C14H30O. The summed E-state index contributed by atoms with van der Waals surface area (Å²) >= 11 is 0. The van der Waals surface area contributed by atoms with Gasteiger partial charge in [-0.2, -0.15) is 0 Å². The highest BCUT2D eigenvalue weighted by Gasteiger charge is 2.07. The summed E-state index contributed by atoms with van der Waals surface area (Å²) in [7, 11) is 0. The van der Waals surface area contributed by atoms with E-state index in [0.717, 1.165) is 5.92 Å². The van der Waals surface area contributed by atoms with Crippen LogP contribution in [0.3, 0.4) is 0 Å². The van der Waals surface area contributed by atoms with Gasteiger partial charge in [-0.1, -0.05) is 59.3 Å². The Morgan fingerprint density at radius 3 is 2.07 bits per heavy atom. The molecule has 0 aliphatic heterocycles. The Morgan fingerprint density at radius 2 is 1.53 bits per heavy atom. The first-order valence-corrected chi connectivity index (χ1v) is 6.81. The number of hydrogen-bond acceptors (Lipinski definition) is 1. The van der Waals surface area contributed by atoms with Gasteiger partial charge in [-0.25, -0.2) is 0 Å². The molecule has 0 fully saturated rings. The highest BCUT2D eigenvalue weighted by Crippen LogP contribution is 2.18. The van der Waals surface area contributed by atoms with Crippen molar-refractivity contribution in [3.63, 3.8) is 0 Å². The summed E-state index contributed by atoms with van der Waals surface area (Å²) in [6.07, 6.45) is 10.4. The third-order valence-electron chi connectivity index (χ3n) is 3.12. The van der Waals surface area contributed by atoms with E-state index >= 15 is 0 Å². The first-order valence-electron chi connectivity index (χ1n) is 6.81. The van der Waals surface area contributed by atoms with Crippen molar-refractivity contribution in [2.24, 2.45) is 11.8 Å². The Morgan fingerprint density at radius 1 is 0.867 bits per heavy atom. The summed E-state index contributed by atoms with van der Waals surface area (Å²) < 4.78 is 0. The van der Waals surface area contributed by atoms with Crippen LogP contribution in [0.25, 0.3) is 0 Å². The Balaban J connectivity index is 3.38. The van der Waals surface area contributed by atoms with E-state index in [9.17, 15) is 5.11 Å². The summed E-state index contributed by atoms with van der Waals surface area (Å²) in [4.78, 5) is 0. The van der Waals surface area contributed by atoms with Gasteiger partial charge in [0.05, 0.1) is 0 Å². The van der Waals surface area contributed by atoms with Crippen LogP contribution >= 0.6 is 0 Å². The molecule has 0 aliphatic carbocycles. The Kier molecular flexibility index (Phi) is 10.4. The second-order valence-electron chi connectivity index (χ2n) is 5.22. The fourth-order valence-corrected chi connectivity index (χ4v) is 2.00. The molecule has 0 heterocycles. The maximum Gasteiger partial charge on any atom is 0.0459 e. The van der Waals surface area contributed by atoms with Crippen molar-refractivity contribution in [3.05, 3.63) is 0 Å². The van der Waals surface area contributed by atoms with Crippen molar-refractivity contribution in [1.82, 2.24) is 0 Å². The third-order valence-corrected chi connectivity index (χ3v) is 3.12. The van der Waals surface area contributed by atoms with Crippen molar-refractivity contribution in [1.29, 1.82) is 0 Å². The molecule has 1 unspecified atom stereocenters. The fraction of sp³-hybridized carbons (Fsp3) is 1.00. The van der Waals surface area contributed by atoms with Gasteiger partial charge in [-0.3, -0.25) is 0 Å². The van der Waals surface area contributed by atoms with Gasteiger partial charge in [-0.15, -0.1) is 0 Å². The van der Waals surface area contributed by atoms with Gasteiger partial charge >= 0.3 is 0 Å². The van der Waals surface area contributed by atoms with E-state index in [1.807, 2.05) is 0 Å². The van der Waals surface area contributed by atoms with Gasteiger partial charge in [0.25, 0.3) is 0 Å². The van der Waals surface area contributed by atoms with Gasteiger partial charge in [-0.05, 0) is 24.7 Å². The van der Waals surface area contributed by atoms with E-state index in [-0.39, 0.29) is 0 Å². The summed E-state index contributed by atoms with van der Waals surface area (Å²) in [6.45, 7) is 7.18. The van der Waals surface area contributed by atoms with Crippen LogP contribution in [0, 0.1) is 11.8 Å². The van der Waals surface area contributed by atoms with Crippen molar-refractivity contribution in [3.8, 4) is 0 Å². The summed E-state index contributed by atoms with van der Waals surface area (Å²) in [5, 5.41) is 9.25. The minimum absolute atomic E-state index is 0.393. The number of rotatable bonds is 10. The molecule has 1 N–H and O–H groups in total. The molecule has 0 radical (unpaired) electrons. The molecule has 0 saturated heterocycles. The molecule has 0 aromatic carbocycles. The van der Waals surface area contributed by atoms with Gasteiger partial charge in [0.15, 0.2) is 0 Å². The Labute approximate surface area is 96.3 Å². The van der Waals surface area contributed by atoms with E-state index < -0.39 is 0 Å². The molecular weight excluding hydrogens is 184 g/mol. The van der Waals surface area contributed by atoms with Gasteiger partial charge in [0.1, 0.15) is 0 Å². The molecule has 0 rings (SSSR count). The maximum absolute atomic E-state index is 9.25. The SMILES string of the molecule is CCCCCCC(CO)CCCC(C)C. The van der Waals surface area contributed by atoms with Crippen LogP contribution < -0.4 is 0 Å². The number of unbranched alkanes of at least 4 members (excludes halogenated alkanes) is 3. The molecule has 1 atom stereocenters. The van der Waals surface area contributed by atoms with E-state index in [1.54, 1.807) is 0 Å². The zero-order chi connectivity index (χ0) is 11.5.